The van der Waals surface area contributed by atoms with Crippen LogP contribution in [-0.4, -0.2) is 30.7 Å². The topological polar surface area (TPSA) is 27.7 Å². The average Bonchev–Trinajstić information content (AvgIpc) is 2.62. The fourth-order valence-corrected chi connectivity index (χ4v) is 3.67. The third kappa shape index (κ3) is 13.2. The Bertz CT molecular complexity index is 259. The molecule has 0 fully saturated rings. The molecule has 0 saturated carbocycles. The number of ether oxygens (including phenoxy) is 2. The molecule has 0 aromatic heterocycles. The predicted octanol–water partition coefficient (Wildman–Crippen LogP) is 5.27. The van der Waals surface area contributed by atoms with E-state index in [1.807, 2.05) is 6.08 Å². The van der Waals surface area contributed by atoms with Crippen LogP contribution in [0.4, 0.5) is 0 Å². The summed E-state index contributed by atoms with van der Waals surface area (Å²) in [6, 6.07) is 0. The molecule has 0 saturated heterocycles. The van der Waals surface area contributed by atoms with Crippen molar-refractivity contribution >= 4 is 10.5 Å². The Labute approximate surface area is 154 Å². The maximum Gasteiger partial charge on any atom is 0.272 e. The van der Waals surface area contributed by atoms with Gasteiger partial charge in [0, 0.05) is 20.6 Å². The Hall–Kier alpha value is -0.163. The fraction of sp³-hybridized carbons (Fsp3) is 0.900. The minimum atomic E-state index is -0.780. The molecule has 0 heterocycles. The van der Waals surface area contributed by atoms with Crippen molar-refractivity contribution in [2.75, 3.05) is 14.2 Å². The highest BCUT2D eigenvalue weighted by Crippen LogP contribution is 2.21. The van der Waals surface area contributed by atoms with Crippen LogP contribution in [0.3, 0.4) is 0 Å². The summed E-state index contributed by atoms with van der Waals surface area (Å²) in [6.45, 7) is 3.77. The Morgan fingerprint density at radius 2 is 1.08 bits per heavy atom. The third-order valence-corrected chi connectivity index (χ3v) is 5.45. The van der Waals surface area contributed by atoms with E-state index in [4.69, 9.17) is 13.9 Å². The van der Waals surface area contributed by atoms with E-state index >= 15 is 0 Å². The van der Waals surface area contributed by atoms with Crippen molar-refractivity contribution in [2.45, 2.75) is 102 Å². The van der Waals surface area contributed by atoms with Crippen LogP contribution >= 0.6 is 0 Å². The molecule has 0 unspecified atom stereocenters. The molecule has 0 atom stereocenters. The minimum absolute atomic E-state index is 0.633. The summed E-state index contributed by atoms with van der Waals surface area (Å²) in [5.74, 6) is -0.780. The molecule has 4 heteroatoms. The van der Waals surface area contributed by atoms with Crippen LogP contribution in [0.5, 0.6) is 0 Å². The smallest absolute Gasteiger partial charge is 0.272 e. The Morgan fingerprint density at radius 3 is 1.42 bits per heavy atom. The number of unbranched alkanes of at least 4 members (excludes halogenated alkanes) is 13. The minimum Gasteiger partial charge on any atom is -0.380 e. The molecule has 0 aromatic carbocycles. The van der Waals surface area contributed by atoms with E-state index in [9.17, 15) is 0 Å². The van der Waals surface area contributed by atoms with Crippen molar-refractivity contribution in [3.05, 3.63) is 12.7 Å². The second-order valence-corrected chi connectivity index (χ2v) is 7.13. The zero-order chi connectivity index (χ0) is 17.9. The van der Waals surface area contributed by atoms with Crippen LogP contribution in [0.25, 0.3) is 0 Å². The lowest BCUT2D eigenvalue weighted by molar-refractivity contribution is -0.325. The first-order valence-corrected chi connectivity index (χ1v) is 10.8. The first-order valence-electron chi connectivity index (χ1n) is 10.0. The lowest BCUT2D eigenvalue weighted by Crippen LogP contribution is -2.36. The van der Waals surface area contributed by atoms with Crippen molar-refractivity contribution in [1.29, 1.82) is 0 Å². The zero-order valence-electron chi connectivity index (χ0n) is 16.6. The highest BCUT2D eigenvalue weighted by Gasteiger charge is 2.27. The molecule has 0 spiro atoms. The van der Waals surface area contributed by atoms with E-state index in [0.717, 1.165) is 12.8 Å². The van der Waals surface area contributed by atoms with Crippen LogP contribution in [0.15, 0.2) is 12.7 Å². The van der Waals surface area contributed by atoms with Gasteiger partial charge in [-0.25, -0.2) is 0 Å². The number of hydrogen-bond acceptors (Lipinski definition) is 3. The van der Waals surface area contributed by atoms with Gasteiger partial charge >= 0.3 is 0 Å². The second kappa shape index (κ2) is 17.7. The maximum atomic E-state index is 5.45. The SMILES string of the molecule is C=CCCCCCCCCCCCCCCCC(OC)(OC)O[SiH3]. The first-order chi connectivity index (χ1) is 11.7. The van der Waals surface area contributed by atoms with Crippen LogP contribution < -0.4 is 0 Å². The number of methoxy groups -OCH3 is 2. The maximum absolute atomic E-state index is 5.45. The van der Waals surface area contributed by atoms with E-state index < -0.39 is 5.97 Å². The van der Waals surface area contributed by atoms with Gasteiger partial charge in [-0.15, -0.1) is 6.58 Å². The van der Waals surface area contributed by atoms with Gasteiger partial charge in [-0.1, -0.05) is 76.7 Å². The molecule has 0 aliphatic carbocycles. The Balaban J connectivity index is 3.24. The second-order valence-electron chi connectivity index (χ2n) is 6.72. The number of allylic oxidation sites excluding steroid dienone is 1. The van der Waals surface area contributed by atoms with Gasteiger partial charge in [0.1, 0.15) is 0 Å². The van der Waals surface area contributed by atoms with E-state index in [1.165, 1.54) is 83.5 Å². The molecular formula is C20H42O3Si. The molecule has 3 nitrogen and oxygen atoms in total. The van der Waals surface area contributed by atoms with E-state index in [-0.39, 0.29) is 0 Å². The van der Waals surface area contributed by atoms with E-state index in [0.29, 0.717) is 10.5 Å². The van der Waals surface area contributed by atoms with Crippen molar-refractivity contribution in [1.82, 2.24) is 0 Å². The normalized spacial score (nSPS) is 11.9. The van der Waals surface area contributed by atoms with Gasteiger partial charge in [0.05, 0.1) is 0 Å². The molecule has 0 amide bonds. The van der Waals surface area contributed by atoms with Crippen LogP contribution in [-0.2, 0) is 13.9 Å². The van der Waals surface area contributed by atoms with E-state index in [2.05, 4.69) is 6.58 Å². The molecule has 0 aromatic rings. The molecular weight excluding hydrogens is 316 g/mol. The average molecular weight is 359 g/mol. The zero-order valence-corrected chi connectivity index (χ0v) is 18.6. The van der Waals surface area contributed by atoms with Crippen LogP contribution in [0, 0.1) is 0 Å². The lowest BCUT2D eigenvalue weighted by Gasteiger charge is -2.29. The summed E-state index contributed by atoms with van der Waals surface area (Å²) in [4.78, 5) is 0. The fourth-order valence-electron chi connectivity index (χ4n) is 3.13. The molecule has 24 heavy (non-hydrogen) atoms. The summed E-state index contributed by atoms with van der Waals surface area (Å²) in [6.07, 6.45) is 21.6. The van der Waals surface area contributed by atoms with E-state index in [1.54, 1.807) is 14.2 Å². The Kier molecular flexibility index (Phi) is 17.5. The van der Waals surface area contributed by atoms with Gasteiger partial charge < -0.3 is 13.9 Å². The highest BCUT2D eigenvalue weighted by molar-refractivity contribution is 5.98. The van der Waals surface area contributed by atoms with Gasteiger partial charge in [-0.2, -0.15) is 0 Å². The monoisotopic (exact) mass is 358 g/mol. The molecule has 0 radical (unpaired) electrons. The van der Waals surface area contributed by atoms with Crippen LogP contribution in [0.1, 0.15) is 96.3 Å². The molecule has 0 bridgehead atoms. The summed E-state index contributed by atoms with van der Waals surface area (Å²) in [7, 11) is 3.94. The quantitative estimate of drug-likeness (QED) is 0.136. The lowest BCUT2D eigenvalue weighted by atomic mass is 10.0. The van der Waals surface area contributed by atoms with Gasteiger partial charge in [0.15, 0.2) is 10.5 Å². The first kappa shape index (κ1) is 23.8. The number of rotatable bonds is 19. The van der Waals surface area contributed by atoms with Gasteiger partial charge in [-0.05, 0) is 19.3 Å². The summed E-state index contributed by atoms with van der Waals surface area (Å²) < 4.78 is 16.1. The predicted molar refractivity (Wildman–Crippen MR) is 107 cm³/mol. The molecule has 0 rings (SSSR count). The summed E-state index contributed by atoms with van der Waals surface area (Å²) >= 11 is 0. The largest absolute Gasteiger partial charge is 0.380 e. The van der Waals surface area contributed by atoms with Crippen LogP contribution in [0.2, 0.25) is 0 Å². The Morgan fingerprint density at radius 1 is 0.708 bits per heavy atom. The highest BCUT2D eigenvalue weighted by atomic mass is 28.2. The van der Waals surface area contributed by atoms with Crippen molar-refractivity contribution < 1.29 is 13.9 Å². The van der Waals surface area contributed by atoms with Gasteiger partial charge in [-0.3, -0.25) is 0 Å². The standard InChI is InChI=1S/C20H42O3Si/c1-4-5-6-7-8-9-10-11-12-13-14-15-16-17-18-19-20(21-2,22-3)23-24/h4H,1,5-19H2,2-3,24H3. The van der Waals surface area contributed by atoms with Gasteiger partial charge in [0.2, 0.25) is 0 Å². The summed E-state index contributed by atoms with van der Waals surface area (Å²) in [5, 5.41) is 0. The molecule has 144 valence electrons. The molecule has 0 N–H and O–H groups in total. The van der Waals surface area contributed by atoms with Crippen molar-refractivity contribution in [3.8, 4) is 0 Å². The third-order valence-electron chi connectivity index (χ3n) is 4.82. The molecule has 0 aliphatic heterocycles. The van der Waals surface area contributed by atoms with Crippen molar-refractivity contribution in [2.24, 2.45) is 0 Å². The van der Waals surface area contributed by atoms with Gasteiger partial charge in [0.25, 0.3) is 5.97 Å². The number of hydrogen-bond donors (Lipinski definition) is 0. The van der Waals surface area contributed by atoms with Crippen molar-refractivity contribution in [3.63, 3.8) is 0 Å². The molecule has 0 aliphatic rings. The summed E-state index contributed by atoms with van der Waals surface area (Å²) in [5.41, 5.74) is 0.